The number of hydrogen-bond donors (Lipinski definition) is 2. The number of hydrazine groups is 1. The molecule has 3 N–H and O–H groups in total. The van der Waals surface area contributed by atoms with E-state index in [9.17, 15) is 4.79 Å². The van der Waals surface area contributed by atoms with Crippen LogP contribution in [0.4, 0.5) is 0 Å². The van der Waals surface area contributed by atoms with Crippen molar-refractivity contribution < 1.29 is 4.79 Å². The fourth-order valence-electron chi connectivity index (χ4n) is 1.71. The fourth-order valence-corrected chi connectivity index (χ4v) is 2.68. The van der Waals surface area contributed by atoms with Crippen LogP contribution in [-0.4, -0.2) is 5.91 Å². The van der Waals surface area contributed by atoms with Gasteiger partial charge in [-0.05, 0) is 36.8 Å². The van der Waals surface area contributed by atoms with Crippen LogP contribution in [0.1, 0.15) is 21.5 Å². The van der Waals surface area contributed by atoms with E-state index in [4.69, 9.17) is 5.84 Å². The van der Waals surface area contributed by atoms with E-state index in [0.717, 1.165) is 5.75 Å². The van der Waals surface area contributed by atoms with Crippen molar-refractivity contribution >= 4 is 17.7 Å². The third-order valence-corrected chi connectivity index (χ3v) is 3.81. The summed E-state index contributed by atoms with van der Waals surface area (Å²) < 4.78 is 0. The molecule has 0 spiro atoms. The Morgan fingerprint density at radius 2 is 1.95 bits per heavy atom. The van der Waals surface area contributed by atoms with Gasteiger partial charge < -0.3 is 0 Å². The maximum atomic E-state index is 11.3. The highest BCUT2D eigenvalue weighted by atomic mass is 32.2. The summed E-state index contributed by atoms with van der Waals surface area (Å²) in [6.07, 6.45) is 0. The van der Waals surface area contributed by atoms with Crippen molar-refractivity contribution in [1.29, 1.82) is 0 Å². The molecule has 0 radical (unpaired) electrons. The lowest BCUT2D eigenvalue weighted by Gasteiger charge is -2.04. The fraction of sp³-hybridized carbons (Fsp3) is 0.133. The first kappa shape index (κ1) is 13.6. The highest BCUT2D eigenvalue weighted by Crippen LogP contribution is 2.23. The van der Waals surface area contributed by atoms with Crippen LogP contribution in [0, 0.1) is 6.92 Å². The van der Waals surface area contributed by atoms with Gasteiger partial charge in [0.05, 0.1) is 0 Å². The number of carbonyl (C=O) groups excluding carboxylic acids is 1. The van der Waals surface area contributed by atoms with Gasteiger partial charge in [0.25, 0.3) is 5.91 Å². The molecule has 2 aromatic rings. The second-order valence-corrected chi connectivity index (χ2v) is 5.32. The molecule has 1 amide bonds. The normalized spacial score (nSPS) is 10.2. The minimum Gasteiger partial charge on any atom is -0.290 e. The lowest BCUT2D eigenvalue weighted by atomic mass is 10.1. The zero-order chi connectivity index (χ0) is 13.7. The van der Waals surface area contributed by atoms with Crippen LogP contribution >= 0.6 is 11.8 Å². The molecule has 19 heavy (non-hydrogen) atoms. The molecule has 0 aliphatic carbocycles. The van der Waals surface area contributed by atoms with Gasteiger partial charge in [-0.1, -0.05) is 29.8 Å². The molecule has 0 aliphatic heterocycles. The number of nitrogens with two attached hydrogens (primary N) is 1. The maximum absolute atomic E-state index is 11.3. The predicted octanol–water partition coefficient (Wildman–Crippen LogP) is 2.89. The first-order chi connectivity index (χ1) is 9.19. The first-order valence-corrected chi connectivity index (χ1v) is 6.97. The molecule has 2 aromatic carbocycles. The SMILES string of the molecule is Cc1cccc(SCc2ccc(C(=O)NN)cc2)c1. The van der Waals surface area contributed by atoms with Gasteiger partial charge in [-0.15, -0.1) is 11.8 Å². The number of benzene rings is 2. The molecule has 4 heteroatoms. The average Bonchev–Trinajstić information content (AvgIpc) is 2.45. The molecular weight excluding hydrogens is 256 g/mol. The van der Waals surface area contributed by atoms with Crippen LogP contribution in [0.2, 0.25) is 0 Å². The van der Waals surface area contributed by atoms with Gasteiger partial charge >= 0.3 is 0 Å². The molecule has 0 aliphatic rings. The Labute approximate surface area is 117 Å². The molecule has 0 unspecified atom stereocenters. The van der Waals surface area contributed by atoms with E-state index >= 15 is 0 Å². The van der Waals surface area contributed by atoms with E-state index < -0.39 is 0 Å². The molecule has 0 aromatic heterocycles. The van der Waals surface area contributed by atoms with Crippen molar-refractivity contribution in [3.8, 4) is 0 Å². The van der Waals surface area contributed by atoms with Crippen LogP contribution in [-0.2, 0) is 5.75 Å². The van der Waals surface area contributed by atoms with Gasteiger partial charge in [0.1, 0.15) is 0 Å². The van der Waals surface area contributed by atoms with E-state index in [1.807, 2.05) is 12.1 Å². The minimum absolute atomic E-state index is 0.266. The Bertz CT molecular complexity index is 567. The zero-order valence-corrected chi connectivity index (χ0v) is 11.5. The van der Waals surface area contributed by atoms with Crippen LogP contribution in [0.3, 0.4) is 0 Å². The van der Waals surface area contributed by atoms with E-state index in [1.54, 1.807) is 23.9 Å². The minimum atomic E-state index is -0.266. The molecule has 0 bridgehead atoms. The summed E-state index contributed by atoms with van der Waals surface area (Å²) in [6.45, 7) is 2.09. The van der Waals surface area contributed by atoms with Crippen molar-refractivity contribution in [3.05, 3.63) is 65.2 Å². The van der Waals surface area contributed by atoms with Crippen molar-refractivity contribution in [3.63, 3.8) is 0 Å². The summed E-state index contributed by atoms with van der Waals surface area (Å²) in [4.78, 5) is 12.6. The van der Waals surface area contributed by atoms with Crippen LogP contribution in [0.15, 0.2) is 53.4 Å². The summed E-state index contributed by atoms with van der Waals surface area (Å²) in [7, 11) is 0. The molecule has 0 saturated heterocycles. The van der Waals surface area contributed by atoms with E-state index in [1.165, 1.54) is 16.0 Å². The van der Waals surface area contributed by atoms with E-state index in [2.05, 4.69) is 36.6 Å². The second-order valence-electron chi connectivity index (χ2n) is 4.28. The van der Waals surface area contributed by atoms with Crippen LogP contribution in [0.5, 0.6) is 0 Å². The Balaban J connectivity index is 1.98. The van der Waals surface area contributed by atoms with Crippen LogP contribution < -0.4 is 11.3 Å². The van der Waals surface area contributed by atoms with E-state index in [0.29, 0.717) is 5.56 Å². The quantitative estimate of drug-likeness (QED) is 0.389. The summed E-state index contributed by atoms with van der Waals surface area (Å²) >= 11 is 1.78. The average molecular weight is 272 g/mol. The van der Waals surface area contributed by atoms with Crippen molar-refractivity contribution in [2.24, 2.45) is 5.84 Å². The van der Waals surface area contributed by atoms with Gasteiger partial charge in [0, 0.05) is 16.2 Å². The maximum Gasteiger partial charge on any atom is 0.265 e. The van der Waals surface area contributed by atoms with E-state index in [-0.39, 0.29) is 5.91 Å². The number of thioether (sulfide) groups is 1. The zero-order valence-electron chi connectivity index (χ0n) is 10.7. The summed E-state index contributed by atoms with van der Waals surface area (Å²) in [5, 5.41) is 0. The molecule has 3 nitrogen and oxygen atoms in total. The Morgan fingerprint density at radius 1 is 1.21 bits per heavy atom. The van der Waals surface area contributed by atoms with Gasteiger partial charge in [0.2, 0.25) is 0 Å². The smallest absolute Gasteiger partial charge is 0.265 e. The van der Waals surface area contributed by atoms with Crippen LogP contribution in [0.25, 0.3) is 0 Å². The number of hydrogen-bond acceptors (Lipinski definition) is 3. The third kappa shape index (κ3) is 3.84. The first-order valence-electron chi connectivity index (χ1n) is 5.98. The Kier molecular flexibility index (Phi) is 4.60. The standard InChI is InChI=1S/C15H16N2OS/c1-11-3-2-4-14(9-11)19-10-12-5-7-13(8-6-12)15(18)17-16/h2-9H,10,16H2,1H3,(H,17,18). The molecule has 98 valence electrons. The third-order valence-electron chi connectivity index (χ3n) is 2.74. The summed E-state index contributed by atoms with van der Waals surface area (Å²) in [5.41, 5.74) is 5.14. The van der Waals surface area contributed by atoms with Crippen molar-refractivity contribution in [2.75, 3.05) is 0 Å². The van der Waals surface area contributed by atoms with Gasteiger partial charge in [-0.2, -0.15) is 0 Å². The number of nitrogens with one attached hydrogen (secondary N) is 1. The Morgan fingerprint density at radius 3 is 2.58 bits per heavy atom. The highest BCUT2D eigenvalue weighted by Gasteiger charge is 2.03. The Hall–Kier alpha value is -1.78. The van der Waals surface area contributed by atoms with Gasteiger partial charge in [0.15, 0.2) is 0 Å². The monoisotopic (exact) mass is 272 g/mol. The largest absolute Gasteiger partial charge is 0.290 e. The molecule has 2 rings (SSSR count). The topological polar surface area (TPSA) is 55.1 Å². The molecule has 0 heterocycles. The predicted molar refractivity (Wildman–Crippen MR) is 78.8 cm³/mol. The molecule has 0 saturated carbocycles. The number of amides is 1. The highest BCUT2D eigenvalue weighted by molar-refractivity contribution is 7.98. The number of aryl methyl sites for hydroxylation is 1. The number of rotatable bonds is 4. The van der Waals surface area contributed by atoms with Gasteiger partial charge in [-0.3, -0.25) is 10.2 Å². The summed E-state index contributed by atoms with van der Waals surface area (Å²) in [6, 6.07) is 15.9. The lowest BCUT2D eigenvalue weighted by molar-refractivity contribution is 0.0953. The lowest BCUT2D eigenvalue weighted by Crippen LogP contribution is -2.29. The molecular formula is C15H16N2OS. The summed E-state index contributed by atoms with van der Waals surface area (Å²) in [5.74, 6) is 5.70. The van der Waals surface area contributed by atoms with Crippen molar-refractivity contribution in [2.45, 2.75) is 17.6 Å². The number of carbonyl (C=O) groups is 1. The second kappa shape index (κ2) is 6.41. The van der Waals surface area contributed by atoms with Gasteiger partial charge in [-0.25, -0.2) is 5.84 Å². The molecule has 0 atom stereocenters. The molecule has 0 fully saturated rings. The van der Waals surface area contributed by atoms with Crippen molar-refractivity contribution in [1.82, 2.24) is 5.43 Å². The number of nitrogen functional groups attached to an aromatic ring is 1.